The highest BCUT2D eigenvalue weighted by Crippen LogP contribution is 2.10. The van der Waals surface area contributed by atoms with Crippen molar-refractivity contribution < 1.29 is 4.79 Å². The van der Waals surface area contributed by atoms with Crippen molar-refractivity contribution in [3.05, 3.63) is 30.4 Å². The predicted molar refractivity (Wildman–Crippen MR) is 83.2 cm³/mol. The number of hydrogen-bond donors (Lipinski definition) is 3. The van der Waals surface area contributed by atoms with Gasteiger partial charge in [0.15, 0.2) is 0 Å². The van der Waals surface area contributed by atoms with Gasteiger partial charge in [0.05, 0.1) is 18.4 Å². The van der Waals surface area contributed by atoms with Gasteiger partial charge >= 0.3 is 0 Å². The van der Waals surface area contributed by atoms with Gasteiger partial charge < -0.3 is 20.9 Å². The van der Waals surface area contributed by atoms with Crippen molar-refractivity contribution in [3.8, 4) is 0 Å². The maximum Gasteiger partial charge on any atom is 0.272 e. The molecule has 4 N–H and O–H groups in total. The summed E-state index contributed by atoms with van der Waals surface area (Å²) in [5, 5.41) is 7.03. The van der Waals surface area contributed by atoms with Gasteiger partial charge in [-0.1, -0.05) is 13.8 Å². The molecular weight excluding hydrogens is 268 g/mol. The molecule has 0 aliphatic rings. The van der Waals surface area contributed by atoms with Gasteiger partial charge in [0.2, 0.25) is 0 Å². The van der Waals surface area contributed by atoms with E-state index in [0.717, 1.165) is 26.2 Å². The lowest BCUT2D eigenvalue weighted by molar-refractivity contribution is 0.102. The molecule has 7 nitrogen and oxygen atoms in total. The molecule has 0 fully saturated rings. The number of nitrogen functional groups attached to an aromatic ring is 1. The Balaban J connectivity index is 1.89. The molecule has 0 saturated heterocycles. The maximum absolute atomic E-state index is 12.0. The number of likely N-dealkylation sites (N-methyl/N-ethyl adjacent to an activating group) is 1. The summed E-state index contributed by atoms with van der Waals surface area (Å²) in [6, 6.07) is 1.60. The molecule has 0 aliphatic carbocycles. The van der Waals surface area contributed by atoms with E-state index in [1.165, 1.54) is 0 Å². The zero-order valence-corrected chi connectivity index (χ0v) is 12.5. The Morgan fingerprint density at radius 1 is 1.48 bits per heavy atom. The fourth-order valence-electron chi connectivity index (χ4n) is 2.07. The number of nitrogens with two attached hydrogens (primary N) is 1. The second-order valence-electron chi connectivity index (χ2n) is 4.82. The third-order valence-electron chi connectivity index (χ3n) is 3.38. The Morgan fingerprint density at radius 2 is 2.24 bits per heavy atom. The van der Waals surface area contributed by atoms with Gasteiger partial charge in [0.1, 0.15) is 5.69 Å². The molecule has 0 bridgehead atoms. The van der Waals surface area contributed by atoms with Crippen LogP contribution in [0.1, 0.15) is 24.3 Å². The molecule has 0 radical (unpaired) electrons. The Morgan fingerprint density at radius 3 is 2.86 bits per heavy atom. The van der Waals surface area contributed by atoms with E-state index in [4.69, 9.17) is 5.73 Å². The average molecular weight is 290 g/mol. The number of H-pyrrole nitrogens is 1. The first-order chi connectivity index (χ1) is 10.1. The fraction of sp³-hybridized carbons (Fsp3) is 0.429. The van der Waals surface area contributed by atoms with Crippen LogP contribution in [-0.2, 0) is 6.54 Å². The summed E-state index contributed by atoms with van der Waals surface area (Å²) in [5.41, 5.74) is 7.22. The largest absolute Gasteiger partial charge is 0.397 e. The van der Waals surface area contributed by atoms with Crippen molar-refractivity contribution in [2.75, 3.05) is 30.7 Å². The van der Waals surface area contributed by atoms with Crippen LogP contribution in [0.15, 0.2) is 24.7 Å². The topological polar surface area (TPSA) is 92.0 Å². The lowest BCUT2D eigenvalue weighted by atomic mass is 10.4. The summed E-state index contributed by atoms with van der Waals surface area (Å²) < 4.78 is 1.83. The van der Waals surface area contributed by atoms with Gasteiger partial charge in [-0.3, -0.25) is 9.48 Å². The summed E-state index contributed by atoms with van der Waals surface area (Å²) in [6.07, 6.45) is 5.06. The van der Waals surface area contributed by atoms with Crippen LogP contribution in [0.25, 0.3) is 0 Å². The van der Waals surface area contributed by atoms with E-state index in [1.807, 2.05) is 10.9 Å². The molecule has 0 aromatic carbocycles. The number of aromatic amines is 1. The minimum Gasteiger partial charge on any atom is -0.397 e. The normalized spacial score (nSPS) is 11.0. The molecule has 0 spiro atoms. The van der Waals surface area contributed by atoms with E-state index >= 15 is 0 Å². The zero-order valence-electron chi connectivity index (χ0n) is 12.5. The van der Waals surface area contributed by atoms with Gasteiger partial charge in [0, 0.05) is 24.6 Å². The van der Waals surface area contributed by atoms with Crippen LogP contribution < -0.4 is 11.1 Å². The van der Waals surface area contributed by atoms with E-state index in [-0.39, 0.29) is 5.91 Å². The standard InChI is InChI=1S/C14H22N6O/c1-3-19(4-2)5-6-20-10-12(9-17-20)18-14(21)13-7-11(15)8-16-13/h7-10,16H,3-6,15H2,1-2H3,(H,18,21). The van der Waals surface area contributed by atoms with Crippen LogP contribution in [0.5, 0.6) is 0 Å². The molecule has 1 amide bonds. The average Bonchev–Trinajstić information content (AvgIpc) is 3.09. The summed E-state index contributed by atoms with van der Waals surface area (Å²) >= 11 is 0. The van der Waals surface area contributed by atoms with Crippen molar-refractivity contribution in [2.45, 2.75) is 20.4 Å². The lowest BCUT2D eigenvalue weighted by Gasteiger charge is -2.17. The van der Waals surface area contributed by atoms with Crippen LogP contribution in [0, 0.1) is 0 Å². The van der Waals surface area contributed by atoms with Crippen molar-refractivity contribution in [1.29, 1.82) is 0 Å². The Bertz CT molecular complexity index is 584. The Kier molecular flexibility index (Phi) is 4.99. The zero-order chi connectivity index (χ0) is 15.2. The van der Waals surface area contributed by atoms with Gasteiger partial charge in [-0.2, -0.15) is 5.10 Å². The number of aromatic nitrogens is 3. The SMILES string of the molecule is CCN(CC)CCn1cc(NC(=O)c2cc(N)c[nH]2)cn1. The van der Waals surface area contributed by atoms with Gasteiger partial charge in [-0.25, -0.2) is 0 Å². The molecule has 114 valence electrons. The van der Waals surface area contributed by atoms with Crippen LogP contribution in [-0.4, -0.2) is 45.2 Å². The summed E-state index contributed by atoms with van der Waals surface area (Å²) in [7, 11) is 0. The third kappa shape index (κ3) is 4.09. The smallest absolute Gasteiger partial charge is 0.272 e. The summed E-state index contributed by atoms with van der Waals surface area (Å²) in [6.45, 7) is 8.06. The molecule has 2 aromatic rings. The van der Waals surface area contributed by atoms with Crippen molar-refractivity contribution >= 4 is 17.3 Å². The van der Waals surface area contributed by atoms with Gasteiger partial charge in [-0.05, 0) is 19.2 Å². The van der Waals surface area contributed by atoms with E-state index in [2.05, 4.69) is 34.1 Å². The molecule has 0 saturated carbocycles. The monoisotopic (exact) mass is 290 g/mol. The van der Waals surface area contributed by atoms with Crippen LogP contribution >= 0.6 is 0 Å². The molecule has 2 rings (SSSR count). The minimum atomic E-state index is -0.227. The first-order valence-corrected chi connectivity index (χ1v) is 7.12. The number of hydrogen-bond acceptors (Lipinski definition) is 4. The maximum atomic E-state index is 12.0. The van der Waals surface area contributed by atoms with Crippen LogP contribution in [0.3, 0.4) is 0 Å². The predicted octanol–water partition coefficient (Wildman–Crippen LogP) is 1.39. The highest BCUT2D eigenvalue weighted by atomic mass is 16.1. The molecule has 21 heavy (non-hydrogen) atoms. The number of carbonyl (C=O) groups is 1. The summed E-state index contributed by atoms with van der Waals surface area (Å²) in [5.74, 6) is -0.227. The summed E-state index contributed by atoms with van der Waals surface area (Å²) in [4.78, 5) is 17.1. The third-order valence-corrected chi connectivity index (χ3v) is 3.38. The molecule has 7 heteroatoms. The Hall–Kier alpha value is -2.28. The number of rotatable bonds is 7. The number of amides is 1. The van der Waals surface area contributed by atoms with E-state index in [9.17, 15) is 4.79 Å². The van der Waals surface area contributed by atoms with E-state index in [0.29, 0.717) is 17.1 Å². The highest BCUT2D eigenvalue weighted by molar-refractivity contribution is 6.03. The molecule has 2 aromatic heterocycles. The van der Waals surface area contributed by atoms with Crippen molar-refractivity contribution in [2.24, 2.45) is 0 Å². The molecule has 0 aliphatic heterocycles. The number of anilines is 2. The quantitative estimate of drug-likeness (QED) is 0.718. The van der Waals surface area contributed by atoms with E-state index in [1.54, 1.807) is 18.5 Å². The van der Waals surface area contributed by atoms with Crippen LogP contribution in [0.2, 0.25) is 0 Å². The van der Waals surface area contributed by atoms with E-state index < -0.39 is 0 Å². The highest BCUT2D eigenvalue weighted by Gasteiger charge is 2.09. The number of nitrogens with zero attached hydrogens (tertiary/aromatic N) is 3. The molecular formula is C14H22N6O. The first kappa shape index (κ1) is 15.1. The van der Waals surface area contributed by atoms with Gasteiger partial charge in [0.25, 0.3) is 5.91 Å². The molecule has 0 unspecified atom stereocenters. The van der Waals surface area contributed by atoms with Gasteiger partial charge in [-0.15, -0.1) is 0 Å². The number of nitrogens with one attached hydrogen (secondary N) is 2. The second kappa shape index (κ2) is 6.94. The second-order valence-corrected chi connectivity index (χ2v) is 4.82. The molecule has 0 atom stereocenters. The van der Waals surface area contributed by atoms with Crippen molar-refractivity contribution in [1.82, 2.24) is 19.7 Å². The van der Waals surface area contributed by atoms with Crippen molar-refractivity contribution in [3.63, 3.8) is 0 Å². The molecule has 2 heterocycles. The first-order valence-electron chi connectivity index (χ1n) is 7.12. The fourth-order valence-corrected chi connectivity index (χ4v) is 2.07. The Labute approximate surface area is 124 Å². The van der Waals surface area contributed by atoms with Crippen LogP contribution in [0.4, 0.5) is 11.4 Å². The lowest BCUT2D eigenvalue weighted by Crippen LogP contribution is -2.27. The minimum absolute atomic E-state index is 0.227. The number of carbonyl (C=O) groups excluding carboxylic acids is 1.